The van der Waals surface area contributed by atoms with Crippen LogP contribution in [-0.4, -0.2) is 64.0 Å². The number of likely N-dealkylation sites (N-methyl/N-ethyl adjacent to an activating group) is 1. The lowest BCUT2D eigenvalue weighted by atomic mass is 9.94. The van der Waals surface area contributed by atoms with Gasteiger partial charge in [-0.1, -0.05) is 0 Å². The Balaban J connectivity index is 2.38. The number of carboxylic acid groups (broad SMARTS) is 1. The molecular weight excluding hydrogens is 244 g/mol. The van der Waals surface area contributed by atoms with Crippen LogP contribution >= 0.6 is 0 Å². The van der Waals surface area contributed by atoms with Crippen molar-refractivity contribution in [3.8, 4) is 0 Å². The van der Waals surface area contributed by atoms with Crippen molar-refractivity contribution in [2.45, 2.75) is 18.0 Å². The molecule has 0 aromatic rings. The van der Waals surface area contributed by atoms with Gasteiger partial charge in [0.15, 0.2) is 0 Å². The van der Waals surface area contributed by atoms with Gasteiger partial charge in [-0.05, 0) is 0 Å². The summed E-state index contributed by atoms with van der Waals surface area (Å²) < 4.78 is 0. The first-order valence-electron chi connectivity index (χ1n) is 5.18. The van der Waals surface area contributed by atoms with Crippen LogP contribution in [0.4, 0.5) is 9.59 Å². The Labute approximate surface area is 101 Å². The second kappa shape index (κ2) is 3.59. The van der Waals surface area contributed by atoms with Crippen molar-refractivity contribution in [1.29, 1.82) is 0 Å². The summed E-state index contributed by atoms with van der Waals surface area (Å²) in [5, 5.41) is 11.1. The molecule has 0 bridgehead atoms. The van der Waals surface area contributed by atoms with E-state index in [4.69, 9.17) is 10.8 Å². The van der Waals surface area contributed by atoms with Gasteiger partial charge in [-0.15, -0.1) is 0 Å². The van der Waals surface area contributed by atoms with Crippen molar-refractivity contribution in [3.05, 3.63) is 0 Å². The number of amides is 5. The average Bonchev–Trinajstić information content (AvgIpc) is 2.77. The minimum absolute atomic E-state index is 0.122. The molecule has 2 aliphatic heterocycles. The minimum Gasteiger partial charge on any atom is -0.465 e. The van der Waals surface area contributed by atoms with Crippen LogP contribution in [0.3, 0.4) is 0 Å². The molecule has 9 nitrogen and oxygen atoms in total. The van der Waals surface area contributed by atoms with Gasteiger partial charge in [-0.3, -0.25) is 19.8 Å². The summed E-state index contributed by atoms with van der Waals surface area (Å²) in [7, 11) is 1.38. The molecular formula is C9H12N4O5. The van der Waals surface area contributed by atoms with Crippen molar-refractivity contribution in [3.63, 3.8) is 0 Å². The summed E-state index contributed by atoms with van der Waals surface area (Å²) >= 11 is 0. The molecule has 1 spiro atoms. The van der Waals surface area contributed by atoms with Crippen LogP contribution in [0.5, 0.6) is 0 Å². The van der Waals surface area contributed by atoms with Crippen LogP contribution in [0, 0.1) is 0 Å². The van der Waals surface area contributed by atoms with Crippen molar-refractivity contribution < 1.29 is 24.3 Å². The quantitative estimate of drug-likeness (QED) is 0.473. The Morgan fingerprint density at radius 2 is 2.11 bits per heavy atom. The molecule has 2 fully saturated rings. The Morgan fingerprint density at radius 1 is 1.50 bits per heavy atom. The van der Waals surface area contributed by atoms with E-state index in [1.807, 2.05) is 0 Å². The number of hydrogen-bond acceptors (Lipinski definition) is 4. The SMILES string of the molecule is CN1C(=O)NC(=O)[C@]12C[C@@H](C(N)=O)N(C(=O)O)C2. The number of nitrogens with one attached hydrogen (secondary N) is 1. The molecule has 0 radical (unpaired) electrons. The van der Waals surface area contributed by atoms with E-state index in [2.05, 4.69) is 5.32 Å². The van der Waals surface area contributed by atoms with Gasteiger partial charge < -0.3 is 15.7 Å². The molecule has 2 saturated heterocycles. The van der Waals surface area contributed by atoms with E-state index in [1.54, 1.807) is 0 Å². The van der Waals surface area contributed by atoms with Crippen LogP contribution in [-0.2, 0) is 9.59 Å². The smallest absolute Gasteiger partial charge is 0.408 e. The van der Waals surface area contributed by atoms with Crippen molar-refractivity contribution in [2.75, 3.05) is 13.6 Å². The van der Waals surface area contributed by atoms with Crippen LogP contribution < -0.4 is 11.1 Å². The highest BCUT2D eigenvalue weighted by atomic mass is 16.4. The van der Waals surface area contributed by atoms with Gasteiger partial charge in [-0.2, -0.15) is 0 Å². The monoisotopic (exact) mass is 256 g/mol. The molecule has 18 heavy (non-hydrogen) atoms. The molecule has 2 heterocycles. The van der Waals surface area contributed by atoms with Gasteiger partial charge in [0.05, 0.1) is 6.54 Å². The zero-order valence-corrected chi connectivity index (χ0v) is 9.54. The van der Waals surface area contributed by atoms with Gasteiger partial charge in [0.25, 0.3) is 5.91 Å². The average molecular weight is 256 g/mol. The van der Waals surface area contributed by atoms with Crippen molar-refractivity contribution >= 4 is 23.9 Å². The van der Waals surface area contributed by atoms with Gasteiger partial charge in [0, 0.05) is 13.5 Å². The second-order valence-corrected chi connectivity index (χ2v) is 4.38. The second-order valence-electron chi connectivity index (χ2n) is 4.38. The highest BCUT2D eigenvalue weighted by molar-refractivity contribution is 6.08. The maximum absolute atomic E-state index is 11.8. The first-order chi connectivity index (χ1) is 8.29. The standard InChI is InChI=1S/C9H12N4O5/c1-12-7(16)11-6(15)9(12)2-4(5(10)14)13(3-9)8(17)18/h4H,2-3H2,1H3,(H2,10,14)(H,17,18)(H,11,15,16)/t4-,9+/m0/s1. The number of imide groups is 1. The zero-order chi connectivity index (χ0) is 13.7. The third-order valence-corrected chi connectivity index (χ3v) is 3.50. The Kier molecular flexibility index (Phi) is 2.42. The maximum Gasteiger partial charge on any atom is 0.408 e. The minimum atomic E-state index is -1.35. The van der Waals surface area contributed by atoms with Gasteiger partial charge in [0.2, 0.25) is 5.91 Å². The Hall–Kier alpha value is -2.32. The number of hydrogen-bond donors (Lipinski definition) is 3. The fraction of sp³-hybridized carbons (Fsp3) is 0.556. The number of urea groups is 1. The summed E-state index contributed by atoms with van der Waals surface area (Å²) in [5.41, 5.74) is 3.79. The predicted molar refractivity (Wildman–Crippen MR) is 56.4 cm³/mol. The molecule has 9 heteroatoms. The lowest BCUT2D eigenvalue weighted by molar-refractivity contribution is -0.125. The summed E-state index contributed by atoms with van der Waals surface area (Å²) in [6, 6.07) is -1.72. The normalized spacial score (nSPS) is 31.1. The Bertz CT molecular complexity index is 440. The molecule has 0 aliphatic carbocycles. The number of carbonyl (C=O) groups excluding carboxylic acids is 3. The molecule has 2 atom stereocenters. The fourth-order valence-corrected chi connectivity index (χ4v) is 2.39. The van der Waals surface area contributed by atoms with Gasteiger partial charge in [0.1, 0.15) is 11.6 Å². The van der Waals surface area contributed by atoms with E-state index < -0.39 is 35.5 Å². The lowest BCUT2D eigenvalue weighted by Crippen LogP contribution is -2.50. The molecule has 0 unspecified atom stereocenters. The molecule has 98 valence electrons. The van der Waals surface area contributed by atoms with Crippen LogP contribution in [0.2, 0.25) is 0 Å². The molecule has 0 aromatic carbocycles. The molecule has 0 aromatic heterocycles. The van der Waals surface area contributed by atoms with Crippen molar-refractivity contribution in [1.82, 2.24) is 15.1 Å². The van der Waals surface area contributed by atoms with Crippen LogP contribution in [0.1, 0.15) is 6.42 Å². The zero-order valence-electron chi connectivity index (χ0n) is 9.54. The number of likely N-dealkylation sites (tertiary alicyclic amines) is 1. The van der Waals surface area contributed by atoms with Crippen LogP contribution in [0.15, 0.2) is 0 Å². The fourth-order valence-electron chi connectivity index (χ4n) is 2.39. The van der Waals surface area contributed by atoms with E-state index in [1.165, 1.54) is 7.05 Å². The lowest BCUT2D eigenvalue weighted by Gasteiger charge is -2.27. The van der Waals surface area contributed by atoms with Crippen molar-refractivity contribution in [2.24, 2.45) is 5.73 Å². The molecule has 4 N–H and O–H groups in total. The number of carbonyl (C=O) groups is 4. The largest absolute Gasteiger partial charge is 0.465 e. The summed E-state index contributed by atoms with van der Waals surface area (Å²) in [4.78, 5) is 47.4. The third kappa shape index (κ3) is 1.40. The molecule has 2 aliphatic rings. The predicted octanol–water partition coefficient (Wildman–Crippen LogP) is -1.86. The van der Waals surface area contributed by atoms with E-state index in [0.29, 0.717) is 0 Å². The highest BCUT2D eigenvalue weighted by Crippen LogP contribution is 2.35. The number of nitrogens with zero attached hydrogens (tertiary/aromatic N) is 2. The molecule has 2 rings (SSSR count). The Morgan fingerprint density at radius 3 is 2.44 bits per heavy atom. The molecule has 5 amide bonds. The topological polar surface area (TPSA) is 133 Å². The van der Waals surface area contributed by atoms with E-state index >= 15 is 0 Å². The number of rotatable bonds is 1. The third-order valence-electron chi connectivity index (χ3n) is 3.50. The maximum atomic E-state index is 11.8. The van der Waals surface area contributed by atoms with E-state index in [9.17, 15) is 19.2 Å². The summed E-state index contributed by atoms with van der Waals surface area (Å²) in [6.07, 6.45) is -1.47. The first-order valence-corrected chi connectivity index (χ1v) is 5.18. The summed E-state index contributed by atoms with van der Waals surface area (Å²) in [5.74, 6) is -1.44. The van der Waals surface area contributed by atoms with Gasteiger partial charge in [-0.25, -0.2) is 9.59 Å². The number of primary amides is 1. The molecule has 0 saturated carbocycles. The van der Waals surface area contributed by atoms with E-state index in [-0.39, 0.29) is 13.0 Å². The summed E-state index contributed by atoms with van der Waals surface area (Å²) in [6.45, 7) is -0.260. The number of nitrogens with two attached hydrogens (primary N) is 1. The van der Waals surface area contributed by atoms with E-state index in [0.717, 1.165) is 9.80 Å². The highest BCUT2D eigenvalue weighted by Gasteiger charge is 2.60. The van der Waals surface area contributed by atoms with Crippen LogP contribution in [0.25, 0.3) is 0 Å². The first kappa shape index (κ1) is 12.1. The van der Waals surface area contributed by atoms with Gasteiger partial charge >= 0.3 is 12.1 Å².